The number of rotatable bonds is 5. The highest BCUT2D eigenvalue weighted by Gasteiger charge is 2.36. The molecule has 7 nitrogen and oxygen atoms in total. The van der Waals surface area contributed by atoms with Crippen molar-refractivity contribution >= 4 is 16.7 Å². The number of benzene rings is 3. The number of amides is 1. The van der Waals surface area contributed by atoms with Crippen molar-refractivity contribution in [3.05, 3.63) is 102 Å². The number of nitrogens with one attached hydrogen (secondary N) is 1. The SMILES string of the molecule is Cc1ccc(-c2nnc(C3CC(NC(=O)c4cccc5ccc(O)cc45)C3)n2-c2ccccc2F)nc1. The second kappa shape index (κ2) is 9.13. The summed E-state index contributed by atoms with van der Waals surface area (Å²) in [5, 5.41) is 23.4. The Hall–Kier alpha value is -4.59. The molecular weight excluding hydrogens is 469 g/mol. The van der Waals surface area contributed by atoms with Crippen LogP contribution in [0.1, 0.15) is 40.5 Å². The zero-order valence-electron chi connectivity index (χ0n) is 20.1. The highest BCUT2D eigenvalue weighted by atomic mass is 19.1. The number of phenolic OH excluding ortho intramolecular Hbond substituents is 1. The maximum absolute atomic E-state index is 14.9. The topological polar surface area (TPSA) is 92.9 Å². The van der Waals surface area contributed by atoms with E-state index >= 15 is 0 Å². The Balaban J connectivity index is 1.26. The number of pyridine rings is 1. The van der Waals surface area contributed by atoms with E-state index in [4.69, 9.17) is 0 Å². The number of aryl methyl sites for hydroxylation is 1. The van der Waals surface area contributed by atoms with E-state index in [1.54, 1.807) is 53.2 Å². The average molecular weight is 494 g/mol. The van der Waals surface area contributed by atoms with Gasteiger partial charge in [-0.05, 0) is 72.5 Å². The van der Waals surface area contributed by atoms with Crippen LogP contribution in [-0.4, -0.2) is 36.8 Å². The summed E-state index contributed by atoms with van der Waals surface area (Å²) in [6, 6.07) is 20.8. The fourth-order valence-corrected chi connectivity index (χ4v) is 4.87. The Kier molecular flexibility index (Phi) is 5.64. The molecule has 5 aromatic rings. The maximum Gasteiger partial charge on any atom is 0.252 e. The largest absolute Gasteiger partial charge is 0.508 e. The van der Waals surface area contributed by atoms with E-state index in [9.17, 15) is 14.3 Å². The summed E-state index contributed by atoms with van der Waals surface area (Å²) in [6.45, 7) is 1.95. The van der Waals surface area contributed by atoms with Gasteiger partial charge in [-0.25, -0.2) is 4.39 Å². The lowest BCUT2D eigenvalue weighted by molar-refractivity contribution is 0.0909. The van der Waals surface area contributed by atoms with Gasteiger partial charge in [-0.3, -0.25) is 14.3 Å². The second-order valence-corrected chi connectivity index (χ2v) is 9.44. The third-order valence-corrected chi connectivity index (χ3v) is 6.87. The van der Waals surface area contributed by atoms with Crippen LogP contribution >= 0.6 is 0 Å². The van der Waals surface area contributed by atoms with Crippen molar-refractivity contribution in [1.29, 1.82) is 0 Å². The number of halogens is 1. The number of para-hydroxylation sites is 1. The van der Waals surface area contributed by atoms with Gasteiger partial charge >= 0.3 is 0 Å². The Morgan fingerprint density at radius 2 is 1.86 bits per heavy atom. The predicted octanol–water partition coefficient (Wildman–Crippen LogP) is 5.31. The van der Waals surface area contributed by atoms with E-state index in [1.165, 1.54) is 6.07 Å². The number of fused-ring (bicyclic) bond motifs is 1. The molecule has 2 heterocycles. The minimum Gasteiger partial charge on any atom is -0.508 e. The number of hydrogen-bond donors (Lipinski definition) is 2. The van der Waals surface area contributed by atoms with E-state index in [-0.39, 0.29) is 29.4 Å². The van der Waals surface area contributed by atoms with Crippen molar-refractivity contribution in [3.63, 3.8) is 0 Å². The van der Waals surface area contributed by atoms with Crippen LogP contribution in [0.25, 0.3) is 28.0 Å². The smallest absolute Gasteiger partial charge is 0.252 e. The van der Waals surface area contributed by atoms with E-state index in [1.807, 2.05) is 31.2 Å². The fraction of sp³-hybridized carbons (Fsp3) is 0.172. The molecular formula is C29H24FN5O2. The van der Waals surface area contributed by atoms with Crippen LogP contribution < -0.4 is 5.32 Å². The van der Waals surface area contributed by atoms with Crippen LogP contribution in [0.3, 0.4) is 0 Å². The summed E-state index contributed by atoms with van der Waals surface area (Å²) < 4.78 is 16.6. The molecule has 37 heavy (non-hydrogen) atoms. The molecule has 1 fully saturated rings. The van der Waals surface area contributed by atoms with Crippen molar-refractivity contribution in [2.24, 2.45) is 0 Å². The van der Waals surface area contributed by atoms with Gasteiger partial charge in [0.05, 0.1) is 5.69 Å². The van der Waals surface area contributed by atoms with Crippen molar-refractivity contribution in [2.75, 3.05) is 0 Å². The molecule has 0 aliphatic heterocycles. The monoisotopic (exact) mass is 493 g/mol. The van der Waals surface area contributed by atoms with Crippen molar-refractivity contribution < 1.29 is 14.3 Å². The van der Waals surface area contributed by atoms with Crippen LogP contribution in [0.4, 0.5) is 4.39 Å². The molecule has 8 heteroatoms. The molecule has 2 aromatic heterocycles. The van der Waals surface area contributed by atoms with E-state index < -0.39 is 0 Å². The Morgan fingerprint density at radius 1 is 1.03 bits per heavy atom. The van der Waals surface area contributed by atoms with Crippen LogP contribution in [0.5, 0.6) is 5.75 Å². The Morgan fingerprint density at radius 3 is 2.65 bits per heavy atom. The van der Waals surface area contributed by atoms with Crippen molar-refractivity contribution in [3.8, 4) is 23.0 Å². The Labute approximate surface area is 212 Å². The van der Waals surface area contributed by atoms with Gasteiger partial charge in [-0.2, -0.15) is 0 Å². The molecule has 1 amide bonds. The van der Waals surface area contributed by atoms with E-state index in [0.717, 1.165) is 10.9 Å². The highest BCUT2D eigenvalue weighted by molar-refractivity contribution is 6.07. The number of carbonyl (C=O) groups excluding carboxylic acids is 1. The second-order valence-electron chi connectivity index (χ2n) is 9.44. The van der Waals surface area contributed by atoms with Gasteiger partial charge in [-0.1, -0.05) is 36.4 Å². The highest BCUT2D eigenvalue weighted by Crippen LogP contribution is 2.39. The zero-order chi connectivity index (χ0) is 25.5. The molecule has 0 atom stereocenters. The molecule has 2 N–H and O–H groups in total. The number of hydrogen-bond acceptors (Lipinski definition) is 5. The molecule has 0 saturated heterocycles. The van der Waals surface area contributed by atoms with Crippen molar-refractivity contribution in [2.45, 2.75) is 31.7 Å². The minimum atomic E-state index is -0.375. The first-order valence-corrected chi connectivity index (χ1v) is 12.1. The molecule has 0 radical (unpaired) electrons. The average Bonchev–Trinajstić information content (AvgIpc) is 3.30. The number of nitrogens with zero attached hydrogens (tertiary/aromatic N) is 4. The molecule has 0 bridgehead atoms. The van der Waals surface area contributed by atoms with Gasteiger partial charge in [0.2, 0.25) is 0 Å². The standard InChI is InChI=1S/C29H24FN5O2/c1-17-9-12-25(31-16-17)28-34-33-27(35(28)26-8-3-2-7-24(26)30)19-13-20(14-19)32-29(37)22-6-4-5-18-10-11-21(36)15-23(18)22/h2-12,15-16,19-20,36H,13-14H2,1H3,(H,32,37). The summed E-state index contributed by atoms with van der Waals surface area (Å²) in [6.07, 6.45) is 3.04. The maximum atomic E-state index is 14.9. The lowest BCUT2D eigenvalue weighted by Crippen LogP contribution is -2.44. The quantitative estimate of drug-likeness (QED) is 0.346. The van der Waals surface area contributed by atoms with Crippen LogP contribution in [0.2, 0.25) is 0 Å². The Bertz CT molecular complexity index is 1620. The van der Waals surface area contributed by atoms with Gasteiger partial charge in [0.25, 0.3) is 5.91 Å². The number of carbonyl (C=O) groups is 1. The van der Waals surface area contributed by atoms with Crippen molar-refractivity contribution in [1.82, 2.24) is 25.1 Å². The molecule has 184 valence electrons. The van der Waals surface area contributed by atoms with E-state index in [2.05, 4.69) is 20.5 Å². The molecule has 1 aliphatic carbocycles. The third-order valence-electron chi connectivity index (χ3n) is 6.87. The first kappa shape index (κ1) is 22.8. The van der Waals surface area contributed by atoms with Gasteiger partial charge in [0.15, 0.2) is 5.82 Å². The molecule has 0 unspecified atom stereocenters. The molecule has 0 spiro atoms. The summed E-state index contributed by atoms with van der Waals surface area (Å²) >= 11 is 0. The molecule has 1 saturated carbocycles. The molecule has 3 aromatic carbocycles. The summed E-state index contributed by atoms with van der Waals surface area (Å²) in [5.41, 5.74) is 2.50. The molecule has 6 rings (SSSR count). The first-order valence-electron chi connectivity index (χ1n) is 12.1. The van der Waals surface area contributed by atoms with Gasteiger partial charge < -0.3 is 10.4 Å². The fourth-order valence-electron chi connectivity index (χ4n) is 4.87. The van der Waals surface area contributed by atoms with Crippen LogP contribution in [-0.2, 0) is 0 Å². The number of aromatic hydroxyl groups is 1. The molecule has 1 aliphatic rings. The number of phenols is 1. The zero-order valence-corrected chi connectivity index (χ0v) is 20.1. The van der Waals surface area contributed by atoms with E-state index in [0.29, 0.717) is 46.8 Å². The lowest BCUT2D eigenvalue weighted by Gasteiger charge is -2.35. The predicted molar refractivity (Wildman–Crippen MR) is 138 cm³/mol. The summed E-state index contributed by atoms with van der Waals surface area (Å²) in [5.74, 6) is 0.655. The third kappa shape index (κ3) is 4.20. The first-order chi connectivity index (χ1) is 18.0. The summed E-state index contributed by atoms with van der Waals surface area (Å²) in [4.78, 5) is 17.6. The van der Waals surface area contributed by atoms with Gasteiger partial charge in [-0.15, -0.1) is 10.2 Å². The van der Waals surface area contributed by atoms with Crippen LogP contribution in [0, 0.1) is 12.7 Å². The number of aromatic nitrogens is 4. The van der Waals surface area contributed by atoms with Gasteiger partial charge in [0.1, 0.15) is 23.1 Å². The minimum absolute atomic E-state index is 0.00633. The lowest BCUT2D eigenvalue weighted by atomic mass is 9.79. The normalized spacial score (nSPS) is 16.9. The summed E-state index contributed by atoms with van der Waals surface area (Å²) in [7, 11) is 0. The van der Waals surface area contributed by atoms with Gasteiger partial charge in [0, 0.05) is 23.7 Å². The van der Waals surface area contributed by atoms with Crippen LogP contribution in [0.15, 0.2) is 79.0 Å².